The standard InChI is InChI=1S/C13H18O5/c1-3-17-12(15)9-7-5-6-8(11(7)14)10(9)13(16)18-4-2/h5-11,14H,3-4H2,1-2H3. The second-order valence-corrected chi connectivity index (χ2v) is 4.59. The zero-order chi connectivity index (χ0) is 13.3. The Labute approximate surface area is 106 Å². The van der Waals surface area contributed by atoms with Gasteiger partial charge in [0.1, 0.15) is 0 Å². The monoisotopic (exact) mass is 254 g/mol. The van der Waals surface area contributed by atoms with Gasteiger partial charge >= 0.3 is 11.9 Å². The highest BCUT2D eigenvalue weighted by atomic mass is 16.5. The van der Waals surface area contributed by atoms with E-state index in [1.807, 2.05) is 0 Å². The van der Waals surface area contributed by atoms with E-state index in [2.05, 4.69) is 0 Å². The third-order valence-corrected chi connectivity index (χ3v) is 3.68. The van der Waals surface area contributed by atoms with Crippen LogP contribution in [0, 0.1) is 23.7 Å². The van der Waals surface area contributed by atoms with E-state index in [1.54, 1.807) is 26.0 Å². The van der Waals surface area contributed by atoms with Gasteiger partial charge in [0.25, 0.3) is 0 Å². The van der Waals surface area contributed by atoms with Crippen molar-refractivity contribution in [1.82, 2.24) is 0 Å². The molecule has 0 saturated heterocycles. The Morgan fingerprint density at radius 2 is 1.39 bits per heavy atom. The fraction of sp³-hybridized carbons (Fsp3) is 0.692. The van der Waals surface area contributed by atoms with Crippen molar-refractivity contribution < 1.29 is 24.2 Å². The third kappa shape index (κ3) is 1.92. The average Bonchev–Trinajstić information content (AvgIpc) is 2.83. The van der Waals surface area contributed by atoms with E-state index in [9.17, 15) is 14.7 Å². The number of rotatable bonds is 4. The predicted molar refractivity (Wildman–Crippen MR) is 62.4 cm³/mol. The molecule has 0 heterocycles. The third-order valence-electron chi connectivity index (χ3n) is 3.68. The Hall–Kier alpha value is -1.36. The lowest BCUT2D eigenvalue weighted by Gasteiger charge is -2.23. The van der Waals surface area contributed by atoms with Crippen LogP contribution < -0.4 is 0 Å². The summed E-state index contributed by atoms with van der Waals surface area (Å²) in [5.74, 6) is -2.74. The van der Waals surface area contributed by atoms with Gasteiger partial charge in [-0.3, -0.25) is 9.59 Å². The van der Waals surface area contributed by atoms with Gasteiger partial charge < -0.3 is 14.6 Å². The number of hydrogen-bond donors (Lipinski definition) is 1. The highest BCUT2D eigenvalue weighted by Gasteiger charge is 2.58. The van der Waals surface area contributed by atoms with E-state index in [0.717, 1.165) is 0 Å². The first-order valence-electron chi connectivity index (χ1n) is 6.31. The van der Waals surface area contributed by atoms with Gasteiger partial charge in [0.2, 0.25) is 0 Å². The van der Waals surface area contributed by atoms with Crippen LogP contribution in [0.5, 0.6) is 0 Å². The van der Waals surface area contributed by atoms with E-state index >= 15 is 0 Å². The first-order chi connectivity index (χ1) is 8.61. The van der Waals surface area contributed by atoms with Crippen LogP contribution in [-0.4, -0.2) is 36.4 Å². The summed E-state index contributed by atoms with van der Waals surface area (Å²) in [6.07, 6.45) is 2.91. The van der Waals surface area contributed by atoms with Gasteiger partial charge in [0, 0.05) is 11.8 Å². The Bertz CT molecular complexity index is 342. The first-order valence-corrected chi connectivity index (χ1v) is 6.31. The molecule has 2 bridgehead atoms. The van der Waals surface area contributed by atoms with Crippen molar-refractivity contribution in [3.8, 4) is 0 Å². The summed E-state index contributed by atoms with van der Waals surface area (Å²) < 4.78 is 9.99. The van der Waals surface area contributed by atoms with Crippen LogP contribution in [0.3, 0.4) is 0 Å². The Morgan fingerprint density at radius 3 is 1.72 bits per heavy atom. The topological polar surface area (TPSA) is 72.8 Å². The Morgan fingerprint density at radius 1 is 1.00 bits per heavy atom. The molecule has 5 nitrogen and oxygen atoms in total. The number of ether oxygens (including phenoxy) is 2. The predicted octanol–water partition coefficient (Wildman–Crippen LogP) is 0.522. The van der Waals surface area contributed by atoms with Crippen LogP contribution in [0.2, 0.25) is 0 Å². The van der Waals surface area contributed by atoms with Gasteiger partial charge in [0.05, 0.1) is 31.2 Å². The van der Waals surface area contributed by atoms with Gasteiger partial charge in [-0.2, -0.15) is 0 Å². The Balaban J connectivity index is 2.22. The number of esters is 2. The van der Waals surface area contributed by atoms with Gasteiger partial charge in [-0.1, -0.05) is 12.2 Å². The van der Waals surface area contributed by atoms with Crippen molar-refractivity contribution in [1.29, 1.82) is 0 Å². The van der Waals surface area contributed by atoms with Crippen LogP contribution in [0.1, 0.15) is 13.8 Å². The summed E-state index contributed by atoms with van der Waals surface area (Å²) >= 11 is 0. The molecule has 4 unspecified atom stereocenters. The zero-order valence-corrected chi connectivity index (χ0v) is 10.5. The summed E-state index contributed by atoms with van der Waals surface area (Å²) in [6.45, 7) is 3.97. The van der Waals surface area contributed by atoms with E-state index in [1.165, 1.54) is 0 Å². The second-order valence-electron chi connectivity index (χ2n) is 4.59. The molecule has 2 rings (SSSR count). The smallest absolute Gasteiger partial charge is 0.310 e. The number of hydrogen-bond acceptors (Lipinski definition) is 5. The molecule has 4 atom stereocenters. The maximum Gasteiger partial charge on any atom is 0.310 e. The molecule has 2 aliphatic carbocycles. The largest absolute Gasteiger partial charge is 0.466 e. The number of carbonyl (C=O) groups is 2. The highest BCUT2D eigenvalue weighted by Crippen LogP contribution is 2.49. The summed E-state index contributed by atoms with van der Waals surface area (Å²) in [5.41, 5.74) is 0. The van der Waals surface area contributed by atoms with Gasteiger partial charge in [-0.05, 0) is 13.8 Å². The molecule has 100 valence electrons. The minimum absolute atomic E-state index is 0.266. The van der Waals surface area contributed by atoms with Gasteiger partial charge in [0.15, 0.2) is 0 Å². The number of aliphatic hydroxyl groups excluding tert-OH is 1. The molecular formula is C13H18O5. The molecule has 0 radical (unpaired) electrons. The lowest BCUT2D eigenvalue weighted by molar-refractivity contribution is -0.160. The lowest BCUT2D eigenvalue weighted by Crippen LogP contribution is -2.35. The normalized spacial score (nSPS) is 36.7. The lowest BCUT2D eigenvalue weighted by atomic mass is 9.83. The molecule has 1 fully saturated rings. The fourth-order valence-electron chi connectivity index (χ4n) is 2.97. The van der Waals surface area contributed by atoms with Crippen LogP contribution in [0.15, 0.2) is 12.2 Å². The van der Waals surface area contributed by atoms with E-state index in [4.69, 9.17) is 9.47 Å². The van der Waals surface area contributed by atoms with Crippen molar-refractivity contribution in [3.05, 3.63) is 12.2 Å². The molecule has 0 spiro atoms. The van der Waals surface area contributed by atoms with Crippen LogP contribution in [-0.2, 0) is 19.1 Å². The quantitative estimate of drug-likeness (QED) is 0.585. The van der Waals surface area contributed by atoms with E-state index in [-0.39, 0.29) is 25.0 Å². The average molecular weight is 254 g/mol. The van der Waals surface area contributed by atoms with Gasteiger partial charge in [-0.25, -0.2) is 0 Å². The van der Waals surface area contributed by atoms with E-state index in [0.29, 0.717) is 0 Å². The van der Waals surface area contributed by atoms with Crippen molar-refractivity contribution in [3.63, 3.8) is 0 Å². The van der Waals surface area contributed by atoms with Crippen LogP contribution in [0.4, 0.5) is 0 Å². The van der Waals surface area contributed by atoms with E-state index < -0.39 is 29.9 Å². The van der Waals surface area contributed by atoms with Crippen molar-refractivity contribution >= 4 is 11.9 Å². The van der Waals surface area contributed by atoms with Crippen molar-refractivity contribution in [2.24, 2.45) is 23.7 Å². The molecule has 0 aromatic rings. The molecule has 0 aromatic carbocycles. The van der Waals surface area contributed by atoms with Crippen molar-refractivity contribution in [2.75, 3.05) is 13.2 Å². The number of aliphatic hydroxyl groups is 1. The minimum atomic E-state index is -0.686. The van der Waals surface area contributed by atoms with Crippen LogP contribution >= 0.6 is 0 Å². The Kier molecular flexibility index (Phi) is 3.71. The zero-order valence-electron chi connectivity index (χ0n) is 10.5. The number of fused-ring (bicyclic) bond motifs is 2. The molecular weight excluding hydrogens is 236 g/mol. The minimum Gasteiger partial charge on any atom is -0.466 e. The SMILES string of the molecule is CCOC(=O)C1C2C=CC(C2O)C1C(=O)OCC. The second kappa shape index (κ2) is 5.10. The van der Waals surface area contributed by atoms with Crippen molar-refractivity contribution in [2.45, 2.75) is 20.0 Å². The highest BCUT2D eigenvalue weighted by molar-refractivity contribution is 5.84. The maximum atomic E-state index is 11.9. The molecule has 18 heavy (non-hydrogen) atoms. The van der Waals surface area contributed by atoms with Crippen LogP contribution in [0.25, 0.3) is 0 Å². The maximum absolute atomic E-state index is 11.9. The molecule has 0 aliphatic heterocycles. The molecule has 1 saturated carbocycles. The molecule has 0 aromatic heterocycles. The molecule has 5 heteroatoms. The first kappa shape index (κ1) is 13.1. The summed E-state index contributed by atoms with van der Waals surface area (Å²) in [7, 11) is 0. The molecule has 1 N–H and O–H groups in total. The molecule has 2 aliphatic rings. The number of carbonyl (C=O) groups excluding carboxylic acids is 2. The summed E-state index contributed by atoms with van der Waals surface area (Å²) in [6, 6.07) is 0. The summed E-state index contributed by atoms with van der Waals surface area (Å²) in [4.78, 5) is 23.8. The fourth-order valence-corrected chi connectivity index (χ4v) is 2.97. The summed E-state index contributed by atoms with van der Waals surface area (Å²) in [5, 5.41) is 10.0. The molecule has 0 amide bonds. The van der Waals surface area contributed by atoms with Gasteiger partial charge in [-0.15, -0.1) is 0 Å².